The number of anilines is 2. The molecule has 5 nitrogen and oxygen atoms in total. The van der Waals surface area contributed by atoms with E-state index in [1.165, 1.54) is 18.7 Å². The van der Waals surface area contributed by atoms with Crippen LogP contribution in [0.15, 0.2) is 47.6 Å². The van der Waals surface area contributed by atoms with Gasteiger partial charge in [0.1, 0.15) is 0 Å². The van der Waals surface area contributed by atoms with Gasteiger partial charge in [0.15, 0.2) is 5.78 Å². The molecule has 1 heterocycles. The maximum atomic E-state index is 11.9. The molecular formula is C15H15N3O2S. The highest BCUT2D eigenvalue weighted by Crippen LogP contribution is 2.23. The summed E-state index contributed by atoms with van der Waals surface area (Å²) in [4.78, 5) is 27.9. The van der Waals surface area contributed by atoms with Crippen LogP contribution in [0, 0.1) is 0 Å². The van der Waals surface area contributed by atoms with E-state index in [0.717, 1.165) is 4.90 Å². The number of nitrogens with one attached hydrogen (secondary N) is 1. The molecule has 0 aliphatic carbocycles. The zero-order chi connectivity index (χ0) is 15.2. The number of amides is 1. The zero-order valence-electron chi connectivity index (χ0n) is 11.5. The molecule has 108 valence electrons. The van der Waals surface area contributed by atoms with Gasteiger partial charge in [-0.05, 0) is 25.1 Å². The van der Waals surface area contributed by atoms with Gasteiger partial charge in [-0.15, -0.1) is 11.8 Å². The molecule has 6 heteroatoms. The number of ketones is 1. The first-order valence-electron chi connectivity index (χ1n) is 6.29. The number of carbonyl (C=O) groups excluding carboxylic acids is 2. The second-order valence-electron chi connectivity index (χ2n) is 4.39. The van der Waals surface area contributed by atoms with Gasteiger partial charge in [0, 0.05) is 22.3 Å². The fraction of sp³-hybridized carbons (Fsp3) is 0.133. The molecular weight excluding hydrogens is 286 g/mol. The largest absolute Gasteiger partial charge is 0.397 e. The van der Waals surface area contributed by atoms with Crippen LogP contribution >= 0.6 is 11.8 Å². The van der Waals surface area contributed by atoms with E-state index in [4.69, 9.17) is 5.73 Å². The SMILES string of the molecule is CC(=O)c1cccc(NC(=O)CSc2ccncc2N)c1. The summed E-state index contributed by atoms with van der Waals surface area (Å²) >= 11 is 1.34. The number of rotatable bonds is 5. The van der Waals surface area contributed by atoms with Gasteiger partial charge in [-0.25, -0.2) is 0 Å². The molecule has 0 aliphatic rings. The first kappa shape index (κ1) is 15.1. The molecule has 21 heavy (non-hydrogen) atoms. The molecule has 1 aromatic heterocycles. The lowest BCUT2D eigenvalue weighted by Crippen LogP contribution is -2.14. The lowest BCUT2D eigenvalue weighted by Gasteiger charge is -2.07. The van der Waals surface area contributed by atoms with Gasteiger partial charge in [0.2, 0.25) is 5.91 Å². The molecule has 0 bridgehead atoms. The van der Waals surface area contributed by atoms with Crippen molar-refractivity contribution in [2.24, 2.45) is 0 Å². The Kier molecular flexibility index (Phi) is 4.94. The van der Waals surface area contributed by atoms with E-state index in [-0.39, 0.29) is 17.4 Å². The summed E-state index contributed by atoms with van der Waals surface area (Å²) < 4.78 is 0. The Bertz CT molecular complexity index is 673. The first-order chi connectivity index (χ1) is 10.1. The van der Waals surface area contributed by atoms with Gasteiger partial charge in [0.25, 0.3) is 0 Å². The Hall–Kier alpha value is -2.34. The summed E-state index contributed by atoms with van der Waals surface area (Å²) in [5.74, 6) is 0.0420. The molecule has 0 radical (unpaired) electrons. The Balaban J connectivity index is 1.95. The van der Waals surface area contributed by atoms with Gasteiger partial charge in [0.05, 0.1) is 17.6 Å². The number of nitrogens with zero attached hydrogens (tertiary/aromatic N) is 1. The number of Topliss-reactive ketones (excluding diaryl/α,β-unsaturated/α-hetero) is 1. The molecule has 3 N–H and O–H groups in total. The molecule has 1 amide bonds. The fourth-order valence-electron chi connectivity index (χ4n) is 1.68. The maximum absolute atomic E-state index is 11.9. The zero-order valence-corrected chi connectivity index (χ0v) is 12.3. The van der Waals surface area contributed by atoms with Crippen LogP contribution in [0.2, 0.25) is 0 Å². The third-order valence-corrected chi connectivity index (χ3v) is 3.81. The monoisotopic (exact) mass is 301 g/mol. The normalized spacial score (nSPS) is 10.1. The molecule has 0 atom stereocenters. The quantitative estimate of drug-likeness (QED) is 0.655. The number of carbonyl (C=O) groups is 2. The van der Waals surface area contributed by atoms with Crippen molar-refractivity contribution in [2.45, 2.75) is 11.8 Å². The summed E-state index contributed by atoms with van der Waals surface area (Å²) in [5.41, 5.74) is 7.49. The summed E-state index contributed by atoms with van der Waals surface area (Å²) in [5, 5.41) is 2.76. The molecule has 0 spiro atoms. The van der Waals surface area contributed by atoms with Crippen molar-refractivity contribution in [1.82, 2.24) is 4.98 Å². The summed E-state index contributed by atoms with van der Waals surface area (Å²) in [6, 6.07) is 8.62. The highest BCUT2D eigenvalue weighted by Gasteiger charge is 2.07. The molecule has 0 fully saturated rings. The molecule has 0 unspecified atom stereocenters. The van der Waals surface area contributed by atoms with E-state index >= 15 is 0 Å². The Morgan fingerprint density at radius 2 is 2.14 bits per heavy atom. The van der Waals surface area contributed by atoms with E-state index in [0.29, 0.717) is 16.9 Å². The van der Waals surface area contributed by atoms with Crippen LogP contribution < -0.4 is 11.1 Å². The molecule has 2 rings (SSSR count). The number of nitrogens with two attached hydrogens (primary N) is 1. The van der Waals surface area contributed by atoms with Crippen molar-refractivity contribution < 1.29 is 9.59 Å². The summed E-state index contributed by atoms with van der Waals surface area (Å²) in [7, 11) is 0. The van der Waals surface area contributed by atoms with E-state index in [1.54, 1.807) is 42.7 Å². The number of benzene rings is 1. The maximum Gasteiger partial charge on any atom is 0.234 e. The fourth-order valence-corrected chi connectivity index (χ4v) is 2.42. The standard InChI is InChI=1S/C15H15N3O2S/c1-10(19)11-3-2-4-12(7-11)18-15(20)9-21-14-5-6-17-8-13(14)16/h2-8H,9,16H2,1H3,(H,18,20). The van der Waals surface area contributed by atoms with E-state index in [2.05, 4.69) is 10.3 Å². The Morgan fingerprint density at radius 3 is 2.86 bits per heavy atom. The van der Waals surface area contributed by atoms with Gasteiger partial charge in [-0.1, -0.05) is 12.1 Å². The number of thioether (sulfide) groups is 1. The minimum atomic E-state index is -0.156. The minimum Gasteiger partial charge on any atom is -0.397 e. The lowest BCUT2D eigenvalue weighted by molar-refractivity contribution is -0.113. The van der Waals surface area contributed by atoms with Gasteiger partial charge >= 0.3 is 0 Å². The van der Waals surface area contributed by atoms with Crippen molar-refractivity contribution in [3.05, 3.63) is 48.3 Å². The van der Waals surface area contributed by atoms with Gasteiger partial charge in [-0.3, -0.25) is 14.6 Å². The predicted molar refractivity (Wildman–Crippen MR) is 84.4 cm³/mol. The average Bonchev–Trinajstić information content (AvgIpc) is 2.46. The average molecular weight is 301 g/mol. The Morgan fingerprint density at radius 1 is 1.33 bits per heavy atom. The van der Waals surface area contributed by atoms with Gasteiger partial charge < -0.3 is 11.1 Å². The number of nitrogen functional groups attached to an aromatic ring is 1. The molecule has 0 saturated carbocycles. The highest BCUT2D eigenvalue weighted by atomic mass is 32.2. The predicted octanol–water partition coefficient (Wildman–Crippen LogP) is 2.60. The van der Waals surface area contributed by atoms with Gasteiger partial charge in [-0.2, -0.15) is 0 Å². The van der Waals surface area contributed by atoms with Crippen LogP contribution in [0.25, 0.3) is 0 Å². The third kappa shape index (κ3) is 4.32. The van der Waals surface area contributed by atoms with Crippen LogP contribution in [0.4, 0.5) is 11.4 Å². The van der Waals surface area contributed by atoms with Crippen LogP contribution in [-0.4, -0.2) is 22.4 Å². The summed E-state index contributed by atoms with van der Waals surface area (Å²) in [6.07, 6.45) is 3.18. The van der Waals surface area contributed by atoms with Crippen molar-refractivity contribution >= 4 is 34.8 Å². The third-order valence-electron chi connectivity index (χ3n) is 2.72. The summed E-state index contributed by atoms with van der Waals surface area (Å²) in [6.45, 7) is 1.49. The van der Waals surface area contributed by atoms with Crippen LogP contribution in [0.3, 0.4) is 0 Å². The lowest BCUT2D eigenvalue weighted by atomic mass is 10.1. The topological polar surface area (TPSA) is 85.1 Å². The second kappa shape index (κ2) is 6.90. The van der Waals surface area contributed by atoms with Crippen LogP contribution in [0.1, 0.15) is 17.3 Å². The van der Waals surface area contributed by atoms with E-state index < -0.39 is 0 Å². The molecule has 2 aromatic rings. The molecule has 1 aromatic carbocycles. The van der Waals surface area contributed by atoms with Crippen molar-refractivity contribution in [1.29, 1.82) is 0 Å². The number of hydrogen-bond donors (Lipinski definition) is 2. The van der Waals surface area contributed by atoms with E-state index in [9.17, 15) is 9.59 Å². The smallest absolute Gasteiger partial charge is 0.234 e. The minimum absolute atomic E-state index is 0.0370. The first-order valence-corrected chi connectivity index (χ1v) is 7.28. The molecule has 0 aliphatic heterocycles. The molecule has 0 saturated heterocycles. The van der Waals surface area contributed by atoms with Crippen LogP contribution in [-0.2, 0) is 4.79 Å². The number of aromatic nitrogens is 1. The van der Waals surface area contributed by atoms with Crippen molar-refractivity contribution in [2.75, 3.05) is 16.8 Å². The van der Waals surface area contributed by atoms with E-state index in [1.807, 2.05) is 0 Å². The number of pyridine rings is 1. The number of hydrogen-bond acceptors (Lipinski definition) is 5. The van der Waals surface area contributed by atoms with Crippen molar-refractivity contribution in [3.63, 3.8) is 0 Å². The van der Waals surface area contributed by atoms with Crippen LogP contribution in [0.5, 0.6) is 0 Å². The Labute approximate surface area is 127 Å². The van der Waals surface area contributed by atoms with Crippen molar-refractivity contribution in [3.8, 4) is 0 Å². The highest BCUT2D eigenvalue weighted by molar-refractivity contribution is 8.00. The second-order valence-corrected chi connectivity index (χ2v) is 5.40.